The molecular weight excluding hydrogens is 423 g/mol. The molecule has 156 valence electrons. The van der Waals surface area contributed by atoms with Crippen molar-refractivity contribution >= 4 is 34.2 Å². The van der Waals surface area contributed by atoms with Crippen molar-refractivity contribution in [2.24, 2.45) is 0 Å². The number of benzene rings is 2. The quantitative estimate of drug-likeness (QED) is 0.390. The summed E-state index contributed by atoms with van der Waals surface area (Å²) < 4.78 is 15.1. The van der Waals surface area contributed by atoms with Crippen LogP contribution in [0, 0.1) is 19.3 Å². The molecule has 0 aliphatic heterocycles. The maximum Gasteiger partial charge on any atom is 0.203 e. The van der Waals surface area contributed by atoms with Crippen LogP contribution in [0.25, 0.3) is 11.0 Å². The van der Waals surface area contributed by atoms with Crippen molar-refractivity contribution < 1.29 is 9.26 Å². The molecule has 1 N–H and O–H groups in total. The summed E-state index contributed by atoms with van der Waals surface area (Å²) >= 11 is 12.1. The van der Waals surface area contributed by atoms with Gasteiger partial charge >= 0.3 is 0 Å². The monoisotopic (exact) mass is 444 g/mol. The van der Waals surface area contributed by atoms with Gasteiger partial charge in [0.1, 0.15) is 11.5 Å². The molecule has 8 heteroatoms. The maximum absolute atomic E-state index is 8.77. The van der Waals surface area contributed by atoms with Gasteiger partial charge in [0.15, 0.2) is 0 Å². The van der Waals surface area contributed by atoms with Gasteiger partial charge in [0.2, 0.25) is 5.62 Å². The van der Waals surface area contributed by atoms with Gasteiger partial charge in [0.05, 0.1) is 34.9 Å². The molecule has 2 heterocycles. The minimum atomic E-state index is 0.431. The molecule has 0 amide bonds. The number of hydrogen-bond acceptors (Lipinski definition) is 4. The first-order valence-corrected chi connectivity index (χ1v) is 10.4. The normalized spacial score (nSPS) is 11.3. The SMILES string of the molecule is Cc1noc(C)c1Cn1c(=N)n(CCCOc2ccc(Cl)cc2Cl)c2ccccc21. The zero-order valence-corrected chi connectivity index (χ0v) is 18.3. The highest BCUT2D eigenvalue weighted by atomic mass is 35.5. The molecule has 0 bridgehead atoms. The smallest absolute Gasteiger partial charge is 0.203 e. The van der Waals surface area contributed by atoms with Crippen molar-refractivity contribution in [2.75, 3.05) is 6.61 Å². The van der Waals surface area contributed by atoms with E-state index in [4.69, 9.17) is 37.9 Å². The van der Waals surface area contributed by atoms with E-state index in [1.165, 1.54) is 0 Å². The minimum Gasteiger partial charge on any atom is -0.492 e. The number of rotatable bonds is 7. The molecule has 0 spiro atoms. The highest BCUT2D eigenvalue weighted by molar-refractivity contribution is 6.35. The summed E-state index contributed by atoms with van der Waals surface area (Å²) in [5, 5.41) is 13.9. The lowest BCUT2D eigenvalue weighted by atomic mass is 10.2. The van der Waals surface area contributed by atoms with Gasteiger partial charge < -0.3 is 18.4 Å². The maximum atomic E-state index is 8.77. The molecule has 2 aromatic heterocycles. The largest absolute Gasteiger partial charge is 0.492 e. The van der Waals surface area contributed by atoms with E-state index in [9.17, 15) is 0 Å². The van der Waals surface area contributed by atoms with Gasteiger partial charge in [-0.05, 0) is 50.6 Å². The van der Waals surface area contributed by atoms with Gasteiger partial charge in [0.25, 0.3) is 0 Å². The van der Waals surface area contributed by atoms with Crippen molar-refractivity contribution in [2.45, 2.75) is 33.4 Å². The van der Waals surface area contributed by atoms with Gasteiger partial charge in [-0.25, -0.2) is 0 Å². The van der Waals surface area contributed by atoms with Crippen molar-refractivity contribution in [3.8, 4) is 5.75 Å². The molecular formula is C22H22Cl2N4O2. The zero-order valence-electron chi connectivity index (χ0n) is 16.8. The predicted molar refractivity (Wildman–Crippen MR) is 117 cm³/mol. The number of aromatic nitrogens is 3. The number of hydrogen-bond donors (Lipinski definition) is 1. The number of halogens is 2. The third kappa shape index (κ3) is 3.98. The molecule has 0 saturated carbocycles. The van der Waals surface area contributed by atoms with Gasteiger partial charge in [-0.15, -0.1) is 0 Å². The average molecular weight is 445 g/mol. The first-order valence-electron chi connectivity index (χ1n) is 9.68. The number of para-hydroxylation sites is 2. The Morgan fingerprint density at radius 3 is 2.47 bits per heavy atom. The van der Waals surface area contributed by atoms with Crippen molar-refractivity contribution in [1.82, 2.24) is 14.3 Å². The van der Waals surface area contributed by atoms with Gasteiger partial charge in [0, 0.05) is 17.1 Å². The van der Waals surface area contributed by atoms with E-state index < -0.39 is 0 Å². The van der Waals surface area contributed by atoms with Crippen molar-refractivity contribution in [3.63, 3.8) is 0 Å². The van der Waals surface area contributed by atoms with E-state index in [2.05, 4.69) is 5.16 Å². The summed E-state index contributed by atoms with van der Waals surface area (Å²) in [5.41, 5.74) is 4.31. The van der Waals surface area contributed by atoms with E-state index in [1.807, 2.05) is 47.2 Å². The summed E-state index contributed by atoms with van der Waals surface area (Å²) in [6.07, 6.45) is 0.731. The van der Waals surface area contributed by atoms with Crippen molar-refractivity contribution in [3.05, 3.63) is 75.1 Å². The molecule has 30 heavy (non-hydrogen) atoms. The molecule has 0 radical (unpaired) electrons. The molecule has 6 nitrogen and oxygen atoms in total. The topological polar surface area (TPSA) is 69.0 Å². The molecule has 2 aromatic carbocycles. The fourth-order valence-corrected chi connectivity index (χ4v) is 4.03. The van der Waals surface area contributed by atoms with Crippen LogP contribution in [0.15, 0.2) is 47.0 Å². The number of nitrogens with zero attached hydrogens (tertiary/aromatic N) is 3. The van der Waals surface area contributed by atoms with Crippen LogP contribution in [0.1, 0.15) is 23.4 Å². The Bertz CT molecular complexity index is 1240. The third-order valence-electron chi connectivity index (χ3n) is 5.15. The molecule has 0 atom stereocenters. The van der Waals surface area contributed by atoms with E-state index in [0.29, 0.717) is 41.1 Å². The van der Waals surface area contributed by atoms with Crippen LogP contribution in [0.5, 0.6) is 5.75 Å². The summed E-state index contributed by atoms with van der Waals surface area (Å²) in [5.74, 6) is 1.39. The molecule has 0 fully saturated rings. The van der Waals surface area contributed by atoms with Crippen LogP contribution in [0.3, 0.4) is 0 Å². The second-order valence-electron chi connectivity index (χ2n) is 7.13. The van der Waals surface area contributed by atoms with Crippen LogP contribution >= 0.6 is 23.2 Å². The first kappa shape index (κ1) is 20.6. The van der Waals surface area contributed by atoms with Crippen molar-refractivity contribution in [1.29, 1.82) is 5.41 Å². The van der Waals surface area contributed by atoms with Crippen LogP contribution in [0.2, 0.25) is 10.0 Å². The average Bonchev–Trinajstić information content (AvgIpc) is 3.18. The number of nitrogens with one attached hydrogen (secondary N) is 1. The minimum absolute atomic E-state index is 0.431. The van der Waals surface area contributed by atoms with E-state index in [1.54, 1.807) is 18.2 Å². The van der Waals surface area contributed by atoms with E-state index in [-0.39, 0.29) is 0 Å². The van der Waals surface area contributed by atoms with Crippen LogP contribution < -0.4 is 10.4 Å². The fraction of sp³-hybridized carbons (Fsp3) is 0.273. The van der Waals surface area contributed by atoms with E-state index in [0.717, 1.165) is 34.5 Å². The second kappa shape index (κ2) is 8.58. The Morgan fingerprint density at radius 1 is 1.07 bits per heavy atom. The number of ether oxygens (including phenoxy) is 1. The predicted octanol–water partition coefficient (Wildman–Crippen LogP) is 5.35. The molecule has 0 unspecified atom stereocenters. The van der Waals surface area contributed by atoms with Gasteiger partial charge in [-0.3, -0.25) is 5.41 Å². The molecule has 0 saturated heterocycles. The lowest BCUT2D eigenvalue weighted by molar-refractivity contribution is 0.301. The lowest BCUT2D eigenvalue weighted by Crippen LogP contribution is -2.26. The molecule has 0 aliphatic carbocycles. The Morgan fingerprint density at radius 2 is 1.80 bits per heavy atom. The summed E-state index contributed by atoms with van der Waals surface area (Å²) in [6, 6.07) is 13.2. The fourth-order valence-electron chi connectivity index (χ4n) is 3.56. The number of imidazole rings is 1. The Kier molecular flexibility index (Phi) is 5.88. The van der Waals surface area contributed by atoms with Crippen LogP contribution in [-0.2, 0) is 13.1 Å². The second-order valence-corrected chi connectivity index (χ2v) is 7.97. The van der Waals surface area contributed by atoms with E-state index >= 15 is 0 Å². The lowest BCUT2D eigenvalue weighted by Gasteiger charge is -2.09. The highest BCUT2D eigenvalue weighted by Crippen LogP contribution is 2.27. The Labute approximate surface area is 184 Å². The van der Waals surface area contributed by atoms with Gasteiger partial charge in [-0.2, -0.15) is 0 Å². The highest BCUT2D eigenvalue weighted by Gasteiger charge is 2.15. The summed E-state index contributed by atoms with van der Waals surface area (Å²) in [6.45, 7) is 5.51. The van der Waals surface area contributed by atoms with Crippen LogP contribution in [0.4, 0.5) is 0 Å². The molecule has 4 rings (SSSR count). The first-order chi connectivity index (χ1) is 14.5. The van der Waals surface area contributed by atoms with Gasteiger partial charge in [-0.1, -0.05) is 40.5 Å². The molecule has 0 aliphatic rings. The summed E-state index contributed by atoms with van der Waals surface area (Å²) in [4.78, 5) is 0. The molecule has 4 aromatic rings. The number of aryl methyl sites for hydroxylation is 3. The Hall–Kier alpha value is -2.70. The van der Waals surface area contributed by atoms with Crippen LogP contribution in [-0.4, -0.2) is 20.9 Å². The number of fused-ring (bicyclic) bond motifs is 1. The standard InChI is InChI=1S/C22H22Cl2N4O2/c1-14-17(15(2)30-26-14)13-28-20-7-4-3-6-19(20)27(22(28)25)10-5-11-29-21-9-8-16(23)12-18(21)24/h3-4,6-9,12,25H,5,10-11,13H2,1-2H3. The third-order valence-corrected chi connectivity index (χ3v) is 5.68. The summed E-state index contributed by atoms with van der Waals surface area (Å²) in [7, 11) is 0. The zero-order chi connectivity index (χ0) is 21.3. The Balaban J connectivity index is 1.54.